The predicted molar refractivity (Wildman–Crippen MR) is 122 cm³/mol. The van der Waals surface area contributed by atoms with Crippen LogP contribution >= 0.6 is 11.3 Å². The number of anilines is 1. The highest BCUT2D eigenvalue weighted by Gasteiger charge is 2.29. The number of benzene rings is 1. The van der Waals surface area contributed by atoms with Crippen LogP contribution in [0.25, 0.3) is 0 Å². The van der Waals surface area contributed by atoms with Crippen molar-refractivity contribution in [3.05, 3.63) is 46.2 Å². The topological polar surface area (TPSA) is 66.9 Å². The highest BCUT2D eigenvalue weighted by atomic mass is 32.2. The summed E-state index contributed by atoms with van der Waals surface area (Å²) in [7, 11) is -3.68. The molecule has 0 bridgehead atoms. The molecule has 164 valence electrons. The quantitative estimate of drug-likeness (QED) is 0.476. The monoisotopic (exact) mass is 450 g/mol. The zero-order valence-corrected chi connectivity index (χ0v) is 19.5. The highest BCUT2D eigenvalue weighted by molar-refractivity contribution is 7.87. The zero-order chi connectivity index (χ0) is 21.7. The van der Waals surface area contributed by atoms with Crippen molar-refractivity contribution in [2.45, 2.75) is 40.2 Å². The fourth-order valence-electron chi connectivity index (χ4n) is 3.33. The molecule has 1 aromatic carbocycles. The Balaban J connectivity index is 1.93. The molecule has 1 aromatic heterocycles. The third kappa shape index (κ3) is 5.76. The van der Waals surface area contributed by atoms with Gasteiger partial charge in [-0.25, -0.2) is 0 Å². The molecule has 0 aliphatic heterocycles. The average molecular weight is 451 g/mol. The molecule has 8 heteroatoms. The lowest BCUT2D eigenvalue weighted by atomic mass is 10.1. The van der Waals surface area contributed by atoms with Gasteiger partial charge in [-0.05, 0) is 57.0 Å². The lowest BCUT2D eigenvalue weighted by Gasteiger charge is -2.25. The number of amides is 1. The summed E-state index contributed by atoms with van der Waals surface area (Å²) in [4.78, 5) is 17.7. The normalized spacial score (nSPS) is 13.8. The number of nitrogens with zero attached hydrogens (tertiary/aromatic N) is 2. The summed E-state index contributed by atoms with van der Waals surface area (Å²) in [5, 5.41) is 1.89. The Kier molecular flexibility index (Phi) is 7.41. The van der Waals surface area contributed by atoms with E-state index >= 15 is 0 Å². The predicted octanol–water partition coefficient (Wildman–Crippen LogP) is 4.38. The van der Waals surface area contributed by atoms with Gasteiger partial charge in [-0.1, -0.05) is 12.1 Å². The molecule has 0 N–H and O–H groups in total. The van der Waals surface area contributed by atoms with Crippen LogP contribution in [0.15, 0.2) is 35.7 Å². The molecule has 0 radical (unpaired) electrons. The highest BCUT2D eigenvalue weighted by Crippen LogP contribution is 2.33. The Morgan fingerprint density at radius 3 is 2.47 bits per heavy atom. The molecule has 3 rings (SSSR count). The summed E-state index contributed by atoms with van der Waals surface area (Å²) in [5.74, 6) is 0.699. The Morgan fingerprint density at radius 1 is 1.17 bits per heavy atom. The van der Waals surface area contributed by atoms with Crippen molar-refractivity contribution >= 4 is 33.0 Å². The molecule has 0 unspecified atom stereocenters. The van der Waals surface area contributed by atoms with Crippen LogP contribution < -0.4 is 9.08 Å². The van der Waals surface area contributed by atoms with E-state index in [-0.39, 0.29) is 11.7 Å². The van der Waals surface area contributed by atoms with Gasteiger partial charge in [0.05, 0.1) is 10.6 Å². The van der Waals surface area contributed by atoms with E-state index in [9.17, 15) is 13.2 Å². The number of hydrogen-bond acceptors (Lipinski definition) is 6. The number of thiophene rings is 1. The van der Waals surface area contributed by atoms with E-state index in [1.165, 1.54) is 11.3 Å². The van der Waals surface area contributed by atoms with Gasteiger partial charge >= 0.3 is 10.1 Å². The minimum Gasteiger partial charge on any atom is -0.382 e. The molecule has 0 saturated heterocycles. The van der Waals surface area contributed by atoms with Crippen molar-refractivity contribution < 1.29 is 17.4 Å². The van der Waals surface area contributed by atoms with Gasteiger partial charge in [0, 0.05) is 43.5 Å². The summed E-state index contributed by atoms with van der Waals surface area (Å²) in [6.07, 6.45) is 2.26. The molecule has 6 nitrogen and oxygen atoms in total. The first-order valence-corrected chi connectivity index (χ1v) is 12.9. The second kappa shape index (κ2) is 9.83. The third-order valence-corrected chi connectivity index (χ3v) is 7.30. The maximum Gasteiger partial charge on any atom is 0.308 e. The van der Waals surface area contributed by atoms with Gasteiger partial charge in [-0.3, -0.25) is 4.79 Å². The van der Waals surface area contributed by atoms with Gasteiger partial charge in [0.1, 0.15) is 5.75 Å². The summed E-state index contributed by atoms with van der Waals surface area (Å²) in [6, 6.07) is 9.33. The van der Waals surface area contributed by atoms with Crippen LogP contribution in [0.2, 0.25) is 0 Å². The van der Waals surface area contributed by atoms with Crippen LogP contribution in [-0.4, -0.2) is 44.6 Å². The van der Waals surface area contributed by atoms with Crippen LogP contribution in [-0.2, 0) is 16.7 Å². The van der Waals surface area contributed by atoms with Gasteiger partial charge in [-0.2, -0.15) is 8.42 Å². The van der Waals surface area contributed by atoms with Crippen LogP contribution in [0.1, 0.15) is 48.8 Å². The Morgan fingerprint density at radius 2 is 1.90 bits per heavy atom. The Labute approximate surface area is 183 Å². The van der Waals surface area contributed by atoms with Gasteiger partial charge < -0.3 is 14.0 Å². The maximum atomic E-state index is 13.1. The molecule has 1 fully saturated rings. The fourth-order valence-corrected chi connectivity index (χ4v) is 4.56. The van der Waals surface area contributed by atoms with Gasteiger partial charge in [0.2, 0.25) is 0 Å². The van der Waals surface area contributed by atoms with Crippen molar-refractivity contribution in [3.63, 3.8) is 0 Å². The lowest BCUT2D eigenvalue weighted by Crippen LogP contribution is -2.32. The largest absolute Gasteiger partial charge is 0.382 e. The summed E-state index contributed by atoms with van der Waals surface area (Å²) in [5.41, 5.74) is 1.61. The summed E-state index contributed by atoms with van der Waals surface area (Å²) >= 11 is 1.42. The first-order chi connectivity index (χ1) is 14.4. The number of carbonyl (C=O) groups excluding carboxylic acids is 1. The zero-order valence-electron chi connectivity index (χ0n) is 17.8. The van der Waals surface area contributed by atoms with E-state index < -0.39 is 10.1 Å². The van der Waals surface area contributed by atoms with Crippen molar-refractivity contribution in [2.75, 3.05) is 30.3 Å². The second-order valence-corrected chi connectivity index (χ2v) is 10.3. The van der Waals surface area contributed by atoms with Crippen LogP contribution in [0.5, 0.6) is 5.75 Å². The SMILES string of the molecule is CCN(CC)c1ccc(CN(CC2CC2)C(=O)c2cccs2)c(OS(=O)(=O)CC)c1. The number of rotatable bonds is 11. The van der Waals surface area contributed by atoms with Gasteiger partial charge in [0.25, 0.3) is 5.91 Å². The van der Waals surface area contributed by atoms with E-state index in [1.54, 1.807) is 13.0 Å². The van der Waals surface area contributed by atoms with Crippen LogP contribution in [0, 0.1) is 5.92 Å². The first kappa shape index (κ1) is 22.6. The molecule has 1 heterocycles. The third-order valence-electron chi connectivity index (χ3n) is 5.31. The van der Waals surface area contributed by atoms with E-state index in [0.29, 0.717) is 35.2 Å². The smallest absolute Gasteiger partial charge is 0.308 e. The minimum absolute atomic E-state index is 0.0194. The molecule has 30 heavy (non-hydrogen) atoms. The molecule has 2 aromatic rings. The molecule has 0 atom stereocenters. The van der Waals surface area contributed by atoms with Crippen molar-refractivity contribution in [3.8, 4) is 5.75 Å². The van der Waals surface area contributed by atoms with Crippen molar-refractivity contribution in [2.24, 2.45) is 5.92 Å². The van der Waals surface area contributed by atoms with E-state index in [4.69, 9.17) is 4.18 Å². The van der Waals surface area contributed by atoms with Gasteiger partial charge in [-0.15, -0.1) is 11.3 Å². The van der Waals surface area contributed by atoms with Crippen molar-refractivity contribution in [1.29, 1.82) is 0 Å². The van der Waals surface area contributed by atoms with E-state index in [2.05, 4.69) is 18.7 Å². The molecule has 1 saturated carbocycles. The van der Waals surface area contributed by atoms with E-state index in [0.717, 1.165) is 31.6 Å². The van der Waals surface area contributed by atoms with Crippen molar-refractivity contribution in [1.82, 2.24) is 4.90 Å². The lowest BCUT2D eigenvalue weighted by molar-refractivity contribution is 0.0739. The molecule has 0 spiro atoms. The summed E-state index contributed by atoms with van der Waals surface area (Å²) < 4.78 is 29.9. The number of carbonyl (C=O) groups is 1. The maximum absolute atomic E-state index is 13.1. The number of hydrogen-bond donors (Lipinski definition) is 0. The van der Waals surface area contributed by atoms with Crippen LogP contribution in [0.4, 0.5) is 5.69 Å². The van der Waals surface area contributed by atoms with Crippen LogP contribution in [0.3, 0.4) is 0 Å². The first-order valence-electron chi connectivity index (χ1n) is 10.5. The average Bonchev–Trinajstić information content (AvgIpc) is 3.38. The van der Waals surface area contributed by atoms with Gasteiger partial charge in [0.15, 0.2) is 0 Å². The minimum atomic E-state index is -3.68. The fraction of sp³-hybridized carbons (Fsp3) is 0.500. The molecule has 1 amide bonds. The Bertz CT molecular complexity index is 950. The molecular formula is C22H30N2O4S2. The van der Waals surface area contributed by atoms with E-state index in [1.807, 2.05) is 34.5 Å². The Hall–Kier alpha value is -2.06. The molecular weight excluding hydrogens is 420 g/mol. The summed E-state index contributed by atoms with van der Waals surface area (Å²) in [6.45, 7) is 8.27. The second-order valence-electron chi connectivity index (χ2n) is 7.50. The standard InChI is InChI=1S/C22H30N2O4S2/c1-4-23(5-2)19-12-11-18(20(14-19)28-30(26,27)6-3)16-24(15-17-9-10-17)22(25)21-8-7-13-29-21/h7-8,11-14,17H,4-6,9-10,15-16H2,1-3H3. The molecule has 1 aliphatic rings. The molecule has 1 aliphatic carbocycles.